The molecule has 0 radical (unpaired) electrons. The number of amides is 1. The predicted molar refractivity (Wildman–Crippen MR) is 73.5 cm³/mol. The molecule has 2 heterocycles. The molecule has 0 aliphatic carbocycles. The maximum atomic E-state index is 11.9. The Bertz CT molecular complexity index is 606. The third-order valence-electron chi connectivity index (χ3n) is 3.40. The fourth-order valence-corrected chi connectivity index (χ4v) is 2.35. The Morgan fingerprint density at radius 1 is 1.50 bits per heavy atom. The highest BCUT2D eigenvalue weighted by Crippen LogP contribution is 2.27. The first-order valence-electron chi connectivity index (χ1n) is 6.59. The third-order valence-corrected chi connectivity index (χ3v) is 3.40. The molecule has 10 heteroatoms. The van der Waals surface area contributed by atoms with Gasteiger partial charge in [0.25, 0.3) is 0 Å². The van der Waals surface area contributed by atoms with Crippen LogP contribution < -0.4 is 16.7 Å². The van der Waals surface area contributed by atoms with Gasteiger partial charge in [0, 0.05) is 13.1 Å². The van der Waals surface area contributed by atoms with Gasteiger partial charge in [-0.2, -0.15) is 4.98 Å². The van der Waals surface area contributed by atoms with Crippen molar-refractivity contribution in [2.24, 2.45) is 0 Å². The molecule has 1 saturated heterocycles. The summed E-state index contributed by atoms with van der Waals surface area (Å²) in [6.45, 7) is 0.650. The van der Waals surface area contributed by atoms with Crippen molar-refractivity contribution in [1.82, 2.24) is 14.9 Å². The summed E-state index contributed by atoms with van der Waals surface area (Å²) >= 11 is 0. The van der Waals surface area contributed by atoms with Gasteiger partial charge in [0.05, 0.1) is 6.61 Å². The minimum Gasteiger partial charge on any atom is -0.394 e. The van der Waals surface area contributed by atoms with Crippen molar-refractivity contribution >= 4 is 11.7 Å². The van der Waals surface area contributed by atoms with Gasteiger partial charge >= 0.3 is 5.69 Å². The summed E-state index contributed by atoms with van der Waals surface area (Å²) in [6, 6.07) is 0.249. The molecule has 1 aliphatic rings. The summed E-state index contributed by atoms with van der Waals surface area (Å²) in [7, 11) is 0. The van der Waals surface area contributed by atoms with Crippen molar-refractivity contribution in [2.45, 2.75) is 37.5 Å². The van der Waals surface area contributed by atoms with Crippen molar-refractivity contribution in [2.75, 3.05) is 12.3 Å². The van der Waals surface area contributed by atoms with E-state index >= 15 is 0 Å². The average molecular weight is 314 g/mol. The Hall–Kier alpha value is -2.01. The van der Waals surface area contributed by atoms with E-state index in [4.69, 9.17) is 10.5 Å². The van der Waals surface area contributed by atoms with Crippen LogP contribution >= 0.6 is 0 Å². The first-order chi connectivity index (χ1) is 10.3. The van der Waals surface area contributed by atoms with Crippen LogP contribution in [0, 0.1) is 0 Å². The van der Waals surface area contributed by atoms with Gasteiger partial charge in [0.15, 0.2) is 6.23 Å². The highest BCUT2D eigenvalue weighted by atomic mass is 16.5. The lowest BCUT2D eigenvalue weighted by Crippen LogP contribution is -2.62. The highest BCUT2D eigenvalue weighted by Gasteiger charge is 2.45. The number of carbonyl (C=O) groups excluding carboxylic acids is 1. The zero-order valence-corrected chi connectivity index (χ0v) is 11.8. The monoisotopic (exact) mass is 314 g/mol. The number of anilines is 1. The van der Waals surface area contributed by atoms with Crippen LogP contribution in [0.25, 0.3) is 0 Å². The van der Waals surface area contributed by atoms with Crippen LogP contribution in [0.1, 0.15) is 13.2 Å². The Morgan fingerprint density at radius 3 is 2.73 bits per heavy atom. The molecule has 1 aliphatic heterocycles. The van der Waals surface area contributed by atoms with Crippen LogP contribution in [0.3, 0.4) is 0 Å². The molecule has 0 spiro atoms. The Kier molecular flexibility index (Phi) is 4.76. The fourth-order valence-electron chi connectivity index (χ4n) is 2.35. The molecule has 22 heavy (non-hydrogen) atoms. The standard InChI is InChI=1S/C12H18N4O6/c1-5(18)14-8-10(20)9(19)6(4-17)22-11(8)16-3-2-7(13)15-12(16)21/h2-3,6,8-11,17,19-20H,4H2,1H3,(H,14,18)(H2,13,15,21). The topological polar surface area (TPSA) is 160 Å². The van der Waals surface area contributed by atoms with Gasteiger partial charge < -0.3 is 31.1 Å². The molecule has 0 saturated carbocycles. The number of nitrogens with one attached hydrogen (secondary N) is 1. The van der Waals surface area contributed by atoms with Gasteiger partial charge in [-0.3, -0.25) is 9.36 Å². The molecule has 1 aromatic heterocycles. The Morgan fingerprint density at radius 2 is 2.18 bits per heavy atom. The molecule has 0 aromatic carbocycles. The van der Waals surface area contributed by atoms with E-state index in [1.807, 2.05) is 0 Å². The summed E-state index contributed by atoms with van der Waals surface area (Å²) in [5.41, 5.74) is 4.66. The number of carbonyl (C=O) groups is 1. The van der Waals surface area contributed by atoms with Crippen LogP contribution in [0.4, 0.5) is 5.82 Å². The normalized spacial score (nSPS) is 31.7. The van der Waals surface area contributed by atoms with Gasteiger partial charge in [-0.15, -0.1) is 0 Å². The van der Waals surface area contributed by atoms with Crippen LogP contribution in [0.15, 0.2) is 17.1 Å². The Labute approximate surface area is 125 Å². The minimum atomic E-state index is -1.44. The number of hydrogen-bond acceptors (Lipinski definition) is 8. The van der Waals surface area contributed by atoms with E-state index in [0.29, 0.717) is 0 Å². The Balaban J connectivity index is 2.42. The average Bonchev–Trinajstić information content (AvgIpc) is 2.45. The summed E-state index contributed by atoms with van der Waals surface area (Å²) in [5, 5.41) is 31.7. The van der Waals surface area contributed by atoms with E-state index < -0.39 is 48.8 Å². The largest absolute Gasteiger partial charge is 0.394 e. The van der Waals surface area contributed by atoms with Gasteiger partial charge in [-0.1, -0.05) is 0 Å². The van der Waals surface area contributed by atoms with Crippen molar-refractivity contribution in [1.29, 1.82) is 0 Å². The summed E-state index contributed by atoms with van der Waals surface area (Å²) in [4.78, 5) is 26.8. The molecule has 0 bridgehead atoms. The first kappa shape index (κ1) is 16.4. The molecule has 6 N–H and O–H groups in total. The molecular formula is C12H18N4O6. The number of nitrogen functional groups attached to an aromatic ring is 1. The van der Waals surface area contributed by atoms with E-state index in [0.717, 1.165) is 4.57 Å². The van der Waals surface area contributed by atoms with Gasteiger partial charge in [-0.05, 0) is 6.07 Å². The molecular weight excluding hydrogens is 296 g/mol. The predicted octanol–water partition coefficient (Wildman–Crippen LogP) is -3.06. The number of ether oxygens (including phenoxy) is 1. The number of aliphatic hydroxyl groups excluding tert-OH is 3. The van der Waals surface area contributed by atoms with Crippen molar-refractivity contribution in [3.05, 3.63) is 22.7 Å². The third kappa shape index (κ3) is 3.09. The second-order valence-corrected chi connectivity index (χ2v) is 5.00. The van der Waals surface area contributed by atoms with E-state index in [2.05, 4.69) is 10.3 Å². The molecule has 5 atom stereocenters. The molecule has 1 fully saturated rings. The van der Waals surface area contributed by atoms with Crippen LogP contribution in [0.2, 0.25) is 0 Å². The van der Waals surface area contributed by atoms with Crippen molar-refractivity contribution in [3.63, 3.8) is 0 Å². The van der Waals surface area contributed by atoms with Crippen molar-refractivity contribution < 1.29 is 24.9 Å². The number of nitrogens with zero attached hydrogens (tertiary/aromatic N) is 2. The lowest BCUT2D eigenvalue weighted by Gasteiger charge is -2.42. The van der Waals surface area contributed by atoms with Crippen LogP contribution in [-0.2, 0) is 9.53 Å². The lowest BCUT2D eigenvalue weighted by molar-refractivity contribution is -0.217. The van der Waals surface area contributed by atoms with E-state index in [9.17, 15) is 24.9 Å². The first-order valence-corrected chi connectivity index (χ1v) is 6.59. The van der Waals surface area contributed by atoms with Crippen LogP contribution in [0.5, 0.6) is 0 Å². The summed E-state index contributed by atoms with van der Waals surface area (Å²) in [5.74, 6) is -0.476. The maximum absolute atomic E-state index is 11.9. The summed E-state index contributed by atoms with van der Waals surface area (Å²) in [6.07, 6.45) is -3.84. The van der Waals surface area contributed by atoms with Crippen molar-refractivity contribution in [3.8, 4) is 0 Å². The van der Waals surface area contributed by atoms with Gasteiger partial charge in [0.1, 0.15) is 30.2 Å². The number of aliphatic hydroxyl groups is 3. The van der Waals surface area contributed by atoms with Gasteiger partial charge in [0.2, 0.25) is 5.91 Å². The molecule has 1 aromatic rings. The fraction of sp³-hybridized carbons (Fsp3) is 0.583. The second-order valence-electron chi connectivity index (χ2n) is 5.00. The lowest BCUT2D eigenvalue weighted by atomic mass is 9.96. The quantitative estimate of drug-likeness (QED) is 0.393. The second kappa shape index (κ2) is 6.40. The maximum Gasteiger partial charge on any atom is 0.351 e. The van der Waals surface area contributed by atoms with E-state index in [1.54, 1.807) is 0 Å². The SMILES string of the molecule is CC(=O)NC1C(O)C(O)C(CO)OC1n1ccc(N)nc1=O. The minimum absolute atomic E-state index is 0.00688. The number of aromatic nitrogens is 2. The number of nitrogens with two attached hydrogens (primary N) is 1. The van der Waals surface area contributed by atoms with Gasteiger partial charge in [-0.25, -0.2) is 4.79 Å². The number of hydrogen-bond donors (Lipinski definition) is 5. The smallest absolute Gasteiger partial charge is 0.351 e. The molecule has 5 unspecified atom stereocenters. The number of rotatable bonds is 3. The molecule has 2 rings (SSSR count). The van der Waals surface area contributed by atoms with Crippen LogP contribution in [-0.4, -0.2) is 61.7 Å². The zero-order valence-electron chi connectivity index (χ0n) is 11.8. The molecule has 10 nitrogen and oxygen atoms in total. The van der Waals surface area contributed by atoms with E-state index in [1.165, 1.54) is 19.2 Å². The molecule has 122 valence electrons. The van der Waals surface area contributed by atoms with E-state index in [-0.39, 0.29) is 5.82 Å². The highest BCUT2D eigenvalue weighted by molar-refractivity contribution is 5.73. The molecule has 1 amide bonds. The zero-order chi connectivity index (χ0) is 16.4. The summed E-state index contributed by atoms with van der Waals surface area (Å²) < 4.78 is 6.47.